The lowest BCUT2D eigenvalue weighted by Gasteiger charge is -2.11. The molecule has 0 atom stereocenters. The molecule has 0 aliphatic heterocycles. The number of nitrogens with one attached hydrogen (secondary N) is 2. The molecule has 2 N–H and O–H groups in total. The van der Waals surface area contributed by atoms with Crippen LogP contribution < -0.4 is 10.6 Å². The Hall–Kier alpha value is -0.900. The lowest BCUT2D eigenvalue weighted by atomic mass is 10.2. The van der Waals surface area contributed by atoms with Gasteiger partial charge in [-0.3, -0.25) is 4.99 Å². The van der Waals surface area contributed by atoms with Gasteiger partial charge in [0.2, 0.25) is 0 Å². The molecule has 0 amide bonds. The lowest BCUT2D eigenvalue weighted by Crippen LogP contribution is -2.39. The molecule has 0 heterocycles. The monoisotopic (exact) mass is 415 g/mol. The molecule has 0 aromatic heterocycles. The fourth-order valence-electron chi connectivity index (χ4n) is 1.41. The molecule has 0 aliphatic carbocycles. The van der Waals surface area contributed by atoms with E-state index in [1.54, 1.807) is 19.2 Å². The Kier molecular flexibility index (Phi) is 8.70. The predicted molar refractivity (Wildman–Crippen MR) is 89.7 cm³/mol. The van der Waals surface area contributed by atoms with Gasteiger partial charge >= 0.3 is 0 Å². The van der Waals surface area contributed by atoms with E-state index < -0.39 is 9.84 Å². The average Bonchev–Trinajstić information content (AvgIpc) is 2.32. The number of sulfone groups is 1. The van der Waals surface area contributed by atoms with Crippen LogP contribution in [0.2, 0.25) is 0 Å². The molecule has 8 heteroatoms. The summed E-state index contributed by atoms with van der Waals surface area (Å²) in [5.41, 5.74) is 0.783. The molecule has 0 aliphatic rings. The minimum atomic E-state index is -3.00. The zero-order valence-electron chi connectivity index (χ0n) is 11.4. The van der Waals surface area contributed by atoms with Gasteiger partial charge in [0.05, 0.1) is 5.75 Å². The second kappa shape index (κ2) is 9.11. The zero-order chi connectivity index (χ0) is 14.3. The van der Waals surface area contributed by atoms with Crippen molar-refractivity contribution >= 4 is 39.8 Å². The molecule has 0 radical (unpaired) electrons. The highest BCUT2D eigenvalue weighted by Gasteiger charge is 2.03. The van der Waals surface area contributed by atoms with Crippen molar-refractivity contribution in [2.45, 2.75) is 6.54 Å². The minimum Gasteiger partial charge on any atom is -0.355 e. The van der Waals surface area contributed by atoms with Crippen LogP contribution in [0.1, 0.15) is 5.56 Å². The van der Waals surface area contributed by atoms with E-state index in [0.29, 0.717) is 12.5 Å². The third-order valence-corrected chi connectivity index (χ3v) is 3.28. The average molecular weight is 415 g/mol. The largest absolute Gasteiger partial charge is 0.355 e. The first-order valence-corrected chi connectivity index (χ1v) is 7.83. The van der Waals surface area contributed by atoms with E-state index in [0.717, 1.165) is 5.56 Å². The summed E-state index contributed by atoms with van der Waals surface area (Å²) in [7, 11) is -1.41. The Labute approximate surface area is 136 Å². The molecule has 0 spiro atoms. The minimum absolute atomic E-state index is 0. The van der Waals surface area contributed by atoms with Crippen molar-refractivity contribution in [3.8, 4) is 0 Å². The number of hydrogen-bond donors (Lipinski definition) is 2. The van der Waals surface area contributed by atoms with E-state index in [1.165, 1.54) is 18.4 Å². The number of nitrogens with zero attached hydrogens (tertiary/aromatic N) is 1. The van der Waals surface area contributed by atoms with Crippen LogP contribution in [0.15, 0.2) is 29.3 Å². The summed E-state index contributed by atoms with van der Waals surface area (Å²) in [6.07, 6.45) is 1.18. The van der Waals surface area contributed by atoms with Gasteiger partial charge in [-0.1, -0.05) is 12.1 Å². The smallest absolute Gasteiger partial charge is 0.191 e. The van der Waals surface area contributed by atoms with Crippen LogP contribution in [0.3, 0.4) is 0 Å². The van der Waals surface area contributed by atoms with Gasteiger partial charge in [0, 0.05) is 26.4 Å². The standard InChI is InChI=1S/C12H18FN3O2S.HI/c1-14-12(15-6-7-19(2,17)18)16-9-10-4-3-5-11(13)8-10;/h3-5,8H,6-7,9H2,1-2H3,(H2,14,15,16);1H. The van der Waals surface area contributed by atoms with Crippen LogP contribution in [0, 0.1) is 5.82 Å². The van der Waals surface area contributed by atoms with Crippen molar-refractivity contribution in [3.63, 3.8) is 0 Å². The maximum Gasteiger partial charge on any atom is 0.191 e. The number of benzene rings is 1. The molecule has 0 unspecified atom stereocenters. The highest BCUT2D eigenvalue weighted by atomic mass is 127. The summed E-state index contributed by atoms with van der Waals surface area (Å²) >= 11 is 0. The summed E-state index contributed by atoms with van der Waals surface area (Å²) < 4.78 is 34.9. The van der Waals surface area contributed by atoms with Crippen LogP contribution in [0.5, 0.6) is 0 Å². The van der Waals surface area contributed by atoms with Gasteiger partial charge in [-0.25, -0.2) is 12.8 Å². The number of halogens is 2. The Balaban J connectivity index is 0.00000361. The van der Waals surface area contributed by atoms with Gasteiger partial charge in [0.15, 0.2) is 5.96 Å². The molecule has 1 rings (SSSR count). The predicted octanol–water partition coefficient (Wildman–Crippen LogP) is 1.15. The maximum atomic E-state index is 13.0. The van der Waals surface area contributed by atoms with Crippen molar-refractivity contribution in [3.05, 3.63) is 35.6 Å². The summed E-state index contributed by atoms with van der Waals surface area (Å²) in [5, 5.41) is 5.85. The molecule has 1 aromatic carbocycles. The molecule has 0 fully saturated rings. The second-order valence-electron chi connectivity index (χ2n) is 4.11. The molecule has 5 nitrogen and oxygen atoms in total. The topological polar surface area (TPSA) is 70.6 Å². The van der Waals surface area contributed by atoms with Crippen molar-refractivity contribution in [2.75, 3.05) is 25.6 Å². The van der Waals surface area contributed by atoms with Crippen molar-refractivity contribution in [1.29, 1.82) is 0 Å². The third-order valence-electron chi connectivity index (χ3n) is 2.34. The van der Waals surface area contributed by atoms with Crippen LogP contribution in [-0.2, 0) is 16.4 Å². The van der Waals surface area contributed by atoms with Crippen molar-refractivity contribution in [1.82, 2.24) is 10.6 Å². The van der Waals surface area contributed by atoms with E-state index in [2.05, 4.69) is 15.6 Å². The summed E-state index contributed by atoms with van der Waals surface area (Å²) in [4.78, 5) is 3.95. The first-order chi connectivity index (χ1) is 8.90. The van der Waals surface area contributed by atoms with Crippen LogP contribution in [0.25, 0.3) is 0 Å². The van der Waals surface area contributed by atoms with Gasteiger partial charge in [0.1, 0.15) is 15.7 Å². The summed E-state index contributed by atoms with van der Waals surface area (Å²) in [6, 6.07) is 6.23. The number of rotatable bonds is 5. The van der Waals surface area contributed by atoms with Gasteiger partial charge in [-0.2, -0.15) is 0 Å². The van der Waals surface area contributed by atoms with Gasteiger partial charge in [0.25, 0.3) is 0 Å². The Morgan fingerprint density at radius 3 is 2.60 bits per heavy atom. The molecule has 0 saturated carbocycles. The molecule has 1 aromatic rings. The van der Waals surface area contributed by atoms with Gasteiger partial charge < -0.3 is 10.6 Å². The first-order valence-electron chi connectivity index (χ1n) is 5.77. The van der Waals surface area contributed by atoms with Crippen LogP contribution in [0.4, 0.5) is 4.39 Å². The Morgan fingerprint density at radius 1 is 1.35 bits per heavy atom. The first kappa shape index (κ1) is 19.1. The molecule has 114 valence electrons. The zero-order valence-corrected chi connectivity index (χ0v) is 14.5. The van der Waals surface area contributed by atoms with Gasteiger partial charge in [-0.15, -0.1) is 24.0 Å². The van der Waals surface area contributed by atoms with E-state index in [1.807, 2.05) is 0 Å². The molecule has 0 saturated heterocycles. The number of aliphatic imine (C=N–C) groups is 1. The molecular formula is C12H19FIN3O2S. The normalized spacial score (nSPS) is 11.7. The molecule has 20 heavy (non-hydrogen) atoms. The molecule has 0 bridgehead atoms. The summed E-state index contributed by atoms with van der Waals surface area (Å²) in [6.45, 7) is 0.692. The van der Waals surface area contributed by atoms with Crippen LogP contribution in [-0.4, -0.2) is 40.0 Å². The summed E-state index contributed by atoms with van der Waals surface area (Å²) in [5.74, 6) is 0.223. The number of guanidine groups is 1. The van der Waals surface area contributed by atoms with Crippen molar-refractivity contribution < 1.29 is 12.8 Å². The second-order valence-corrected chi connectivity index (χ2v) is 6.37. The SMILES string of the molecule is CN=C(NCCS(C)(=O)=O)NCc1cccc(F)c1.I. The van der Waals surface area contributed by atoms with E-state index >= 15 is 0 Å². The molecular weight excluding hydrogens is 396 g/mol. The Morgan fingerprint density at radius 2 is 2.05 bits per heavy atom. The third kappa shape index (κ3) is 8.31. The Bertz CT molecular complexity index is 549. The quantitative estimate of drug-likeness (QED) is 0.430. The van der Waals surface area contributed by atoms with Gasteiger partial charge in [-0.05, 0) is 17.7 Å². The van der Waals surface area contributed by atoms with Crippen LogP contribution >= 0.6 is 24.0 Å². The number of hydrogen-bond acceptors (Lipinski definition) is 3. The van der Waals surface area contributed by atoms with E-state index in [9.17, 15) is 12.8 Å². The highest BCUT2D eigenvalue weighted by molar-refractivity contribution is 14.0. The van der Waals surface area contributed by atoms with E-state index in [4.69, 9.17) is 0 Å². The van der Waals surface area contributed by atoms with Crippen molar-refractivity contribution in [2.24, 2.45) is 4.99 Å². The fraction of sp³-hybridized carbons (Fsp3) is 0.417. The van der Waals surface area contributed by atoms with E-state index in [-0.39, 0.29) is 42.1 Å². The highest BCUT2D eigenvalue weighted by Crippen LogP contribution is 2.02. The maximum absolute atomic E-state index is 13.0. The lowest BCUT2D eigenvalue weighted by molar-refractivity contribution is 0.600. The fourth-order valence-corrected chi connectivity index (χ4v) is 1.88.